The first-order valence-electron chi connectivity index (χ1n) is 13.9. The van der Waals surface area contributed by atoms with E-state index in [9.17, 15) is 9.59 Å². The molecule has 1 aliphatic heterocycles. The Labute approximate surface area is 245 Å². The molecular weight excluding hydrogens is 540 g/mol. The largest absolute Gasteiger partial charge is 0.483 e. The van der Waals surface area contributed by atoms with Gasteiger partial charge in [-0.1, -0.05) is 0 Å². The second kappa shape index (κ2) is 12.0. The van der Waals surface area contributed by atoms with Crippen molar-refractivity contribution in [2.75, 3.05) is 36.1 Å². The average molecular weight is 579 g/mol. The van der Waals surface area contributed by atoms with Crippen LogP contribution in [0.25, 0.3) is 0 Å². The molecule has 1 aromatic carbocycles. The zero-order chi connectivity index (χ0) is 29.9. The number of nitrogen functional groups attached to an aromatic ring is 1. The lowest BCUT2D eigenvalue weighted by atomic mass is 10.1. The van der Waals surface area contributed by atoms with E-state index in [-0.39, 0.29) is 31.9 Å². The van der Waals surface area contributed by atoms with Gasteiger partial charge in [0, 0.05) is 51.1 Å². The number of nitrogens with zero attached hydrogens (tertiary/aromatic N) is 6. The zero-order valence-corrected chi connectivity index (χ0v) is 24.2. The SMILES string of the molecule is CN=Cc1cc(NC(=O)c2cnc(N3CC[C@@H](N(C(=O)OC(C)(C)C)C4CC4)C3)cn2)c(OCc2cnco2)cc1N.[HH]. The van der Waals surface area contributed by atoms with E-state index in [1.54, 1.807) is 37.8 Å². The van der Waals surface area contributed by atoms with Crippen LogP contribution in [0.2, 0.25) is 0 Å². The first-order chi connectivity index (χ1) is 20.1. The lowest BCUT2D eigenvalue weighted by molar-refractivity contribution is 0.0158. The molecule has 2 fully saturated rings. The topological polar surface area (TPSA) is 161 Å². The Morgan fingerprint density at radius 1 is 1.21 bits per heavy atom. The molecule has 3 heterocycles. The fraction of sp³-hybridized carbons (Fsp3) is 0.448. The summed E-state index contributed by atoms with van der Waals surface area (Å²) in [7, 11) is 1.63. The number of hydrogen-bond acceptors (Lipinski definition) is 11. The fourth-order valence-corrected chi connectivity index (χ4v) is 4.77. The summed E-state index contributed by atoms with van der Waals surface area (Å²) in [6, 6.07) is 3.55. The number of amides is 2. The third-order valence-corrected chi connectivity index (χ3v) is 6.85. The van der Waals surface area contributed by atoms with Crippen molar-refractivity contribution in [1.29, 1.82) is 0 Å². The summed E-state index contributed by atoms with van der Waals surface area (Å²) in [5.74, 6) is 1.04. The van der Waals surface area contributed by atoms with Crippen molar-refractivity contribution >= 4 is 35.4 Å². The highest BCUT2D eigenvalue weighted by atomic mass is 16.6. The summed E-state index contributed by atoms with van der Waals surface area (Å²) >= 11 is 0. The van der Waals surface area contributed by atoms with Crippen molar-refractivity contribution in [2.24, 2.45) is 4.99 Å². The molecule has 0 unspecified atom stereocenters. The predicted octanol–water partition coefficient (Wildman–Crippen LogP) is 4.15. The van der Waals surface area contributed by atoms with Gasteiger partial charge in [-0.15, -0.1) is 0 Å². The van der Waals surface area contributed by atoms with Crippen LogP contribution >= 0.6 is 0 Å². The highest BCUT2D eigenvalue weighted by molar-refractivity contribution is 6.04. The Kier molecular flexibility index (Phi) is 8.27. The molecule has 3 aromatic rings. The molecule has 2 aliphatic rings. The van der Waals surface area contributed by atoms with Crippen LogP contribution in [-0.4, -0.2) is 75.9 Å². The quantitative estimate of drug-likeness (QED) is 0.279. The van der Waals surface area contributed by atoms with E-state index in [0.29, 0.717) is 40.8 Å². The number of benzene rings is 1. The normalized spacial score (nSPS) is 17.0. The number of carbonyl (C=O) groups excluding carboxylic acids is 2. The van der Waals surface area contributed by atoms with Gasteiger partial charge in [0.2, 0.25) is 0 Å². The minimum absolute atomic E-state index is 0. The van der Waals surface area contributed by atoms with Crippen molar-refractivity contribution in [3.8, 4) is 5.75 Å². The number of anilines is 3. The van der Waals surface area contributed by atoms with Gasteiger partial charge in [0.05, 0.1) is 30.3 Å². The average Bonchev–Trinajstić information content (AvgIpc) is 3.40. The van der Waals surface area contributed by atoms with E-state index in [0.717, 1.165) is 25.8 Å². The lowest BCUT2D eigenvalue weighted by Gasteiger charge is -2.31. The van der Waals surface area contributed by atoms with E-state index in [1.807, 2.05) is 25.7 Å². The van der Waals surface area contributed by atoms with Crippen molar-refractivity contribution in [2.45, 2.75) is 64.3 Å². The van der Waals surface area contributed by atoms with Crippen LogP contribution < -0.4 is 20.7 Å². The zero-order valence-electron chi connectivity index (χ0n) is 24.2. The standard InChI is InChI=1S/C29H36N8O5.H2/c1-29(2,3)42-28(39)37(19-5-6-19)20-7-8-36(15-20)26-14-33-24(13-34-26)27(38)35-23-9-18(11-31-4)22(30)10-25(23)40-16-21-12-32-17-41-21;/h9-14,17,19-20H,5-8,15-16,30H2,1-4H3,(H,35,38);1H/t20-;/m1./s1. The molecule has 0 spiro atoms. The van der Waals surface area contributed by atoms with Crippen LogP contribution in [-0.2, 0) is 11.3 Å². The Morgan fingerprint density at radius 2 is 2.02 bits per heavy atom. The highest BCUT2D eigenvalue weighted by Gasteiger charge is 2.42. The first kappa shape index (κ1) is 28.8. The molecule has 1 aliphatic carbocycles. The Bertz CT molecular complexity index is 1440. The lowest BCUT2D eigenvalue weighted by Crippen LogP contribution is -2.46. The number of oxazole rings is 1. The third kappa shape index (κ3) is 6.96. The molecule has 5 rings (SSSR count). The van der Waals surface area contributed by atoms with Crippen LogP contribution in [0.5, 0.6) is 5.75 Å². The first-order valence-corrected chi connectivity index (χ1v) is 13.9. The van der Waals surface area contributed by atoms with Gasteiger partial charge in [-0.2, -0.15) is 0 Å². The van der Waals surface area contributed by atoms with Crippen LogP contribution in [0.1, 0.15) is 63.3 Å². The van der Waals surface area contributed by atoms with Crippen molar-refractivity contribution < 1.29 is 24.9 Å². The van der Waals surface area contributed by atoms with E-state index in [4.69, 9.17) is 19.6 Å². The number of carbonyl (C=O) groups is 2. The third-order valence-electron chi connectivity index (χ3n) is 6.85. The van der Waals surface area contributed by atoms with Gasteiger partial charge in [0.1, 0.15) is 29.5 Å². The number of rotatable bonds is 9. The minimum Gasteiger partial charge on any atom is -0.483 e. The molecule has 0 bridgehead atoms. The Balaban J connectivity index is 0.00000423. The smallest absolute Gasteiger partial charge is 0.410 e. The molecule has 1 saturated heterocycles. The van der Waals surface area contributed by atoms with Gasteiger partial charge in [-0.05, 0) is 46.1 Å². The summed E-state index contributed by atoms with van der Waals surface area (Å²) in [5, 5.41) is 2.84. The summed E-state index contributed by atoms with van der Waals surface area (Å²) in [5.41, 5.74) is 7.19. The Hall–Kier alpha value is -4.68. The summed E-state index contributed by atoms with van der Waals surface area (Å²) in [4.78, 5) is 46.9. The number of nitrogens with two attached hydrogens (primary N) is 1. The van der Waals surface area contributed by atoms with Crippen LogP contribution in [0.4, 0.5) is 22.0 Å². The molecular formula is C29H38N8O5. The number of aromatic nitrogens is 3. The molecule has 3 N–H and O–H groups in total. The minimum atomic E-state index is -0.550. The van der Waals surface area contributed by atoms with Crippen molar-refractivity contribution in [3.05, 3.63) is 54.1 Å². The number of nitrogens with one attached hydrogen (secondary N) is 1. The molecule has 2 amide bonds. The molecule has 13 heteroatoms. The van der Waals surface area contributed by atoms with Gasteiger partial charge >= 0.3 is 6.09 Å². The van der Waals surface area contributed by atoms with Gasteiger partial charge < -0.3 is 34.7 Å². The molecule has 42 heavy (non-hydrogen) atoms. The molecule has 0 radical (unpaired) electrons. The summed E-state index contributed by atoms with van der Waals surface area (Å²) in [6.45, 7) is 7.07. The van der Waals surface area contributed by atoms with Crippen LogP contribution in [0.3, 0.4) is 0 Å². The van der Waals surface area contributed by atoms with Crippen LogP contribution in [0, 0.1) is 0 Å². The van der Waals surface area contributed by atoms with Gasteiger partial charge in [-0.25, -0.2) is 19.7 Å². The molecule has 1 atom stereocenters. The van der Waals surface area contributed by atoms with E-state index in [2.05, 4.69) is 30.2 Å². The van der Waals surface area contributed by atoms with E-state index in [1.165, 1.54) is 12.6 Å². The molecule has 2 aromatic heterocycles. The van der Waals surface area contributed by atoms with Crippen LogP contribution in [0.15, 0.2) is 46.5 Å². The van der Waals surface area contributed by atoms with E-state index < -0.39 is 11.5 Å². The maximum Gasteiger partial charge on any atom is 0.410 e. The van der Waals surface area contributed by atoms with E-state index >= 15 is 0 Å². The second-order valence-electron chi connectivity index (χ2n) is 11.3. The van der Waals surface area contributed by atoms with Gasteiger partial charge in [-0.3, -0.25) is 9.79 Å². The number of hydrogen-bond donors (Lipinski definition) is 2. The predicted molar refractivity (Wildman–Crippen MR) is 159 cm³/mol. The Morgan fingerprint density at radius 3 is 2.67 bits per heavy atom. The molecule has 224 valence electrons. The number of ether oxygens (including phenoxy) is 2. The number of aliphatic imine (C=N–C) groups is 1. The van der Waals surface area contributed by atoms with Gasteiger partial charge in [0.25, 0.3) is 5.91 Å². The van der Waals surface area contributed by atoms with Crippen molar-refractivity contribution in [3.63, 3.8) is 0 Å². The summed E-state index contributed by atoms with van der Waals surface area (Å²) in [6.07, 6.45) is 9.98. The summed E-state index contributed by atoms with van der Waals surface area (Å²) < 4.78 is 16.8. The highest BCUT2D eigenvalue weighted by Crippen LogP contribution is 2.34. The maximum atomic E-state index is 13.2. The molecule has 13 nitrogen and oxygen atoms in total. The van der Waals surface area contributed by atoms with Crippen molar-refractivity contribution in [1.82, 2.24) is 19.9 Å². The fourth-order valence-electron chi connectivity index (χ4n) is 4.77. The monoisotopic (exact) mass is 578 g/mol. The van der Waals surface area contributed by atoms with Gasteiger partial charge in [0.15, 0.2) is 12.2 Å². The molecule has 1 saturated carbocycles. The maximum absolute atomic E-state index is 13.2. The second-order valence-corrected chi connectivity index (χ2v) is 11.3.